The summed E-state index contributed by atoms with van der Waals surface area (Å²) >= 11 is 1.19. The average molecular weight is 484 g/mol. The number of carbonyl (C=O) groups excluding carboxylic acids is 1. The first-order valence-corrected chi connectivity index (χ1v) is 12.1. The van der Waals surface area contributed by atoms with Gasteiger partial charge < -0.3 is 28.7 Å². The van der Waals surface area contributed by atoms with Crippen LogP contribution in [-0.2, 0) is 4.79 Å². The van der Waals surface area contributed by atoms with Gasteiger partial charge in [-0.1, -0.05) is 31.7 Å². The minimum Gasteiger partial charge on any atom is -0.490 e. The molecule has 5 rings (SSSR count). The number of rotatable bonds is 7. The van der Waals surface area contributed by atoms with Crippen molar-refractivity contribution in [3.63, 3.8) is 0 Å². The summed E-state index contributed by atoms with van der Waals surface area (Å²) in [5, 5.41) is 11.6. The summed E-state index contributed by atoms with van der Waals surface area (Å²) in [5.41, 5.74) is 1.70. The number of hydrogen-bond donors (Lipinski definition) is 1. The molecule has 1 N–H and O–H groups in total. The van der Waals surface area contributed by atoms with E-state index in [0.717, 1.165) is 23.3 Å². The van der Waals surface area contributed by atoms with Crippen LogP contribution in [0.1, 0.15) is 31.9 Å². The van der Waals surface area contributed by atoms with Crippen molar-refractivity contribution in [3.8, 4) is 34.5 Å². The summed E-state index contributed by atoms with van der Waals surface area (Å²) in [6, 6.07) is 11.1. The number of hydrogen-bond acceptors (Lipinski definition) is 9. The lowest BCUT2D eigenvalue weighted by Gasteiger charge is -2.23. The van der Waals surface area contributed by atoms with Crippen LogP contribution in [0.15, 0.2) is 46.0 Å². The van der Waals surface area contributed by atoms with E-state index < -0.39 is 0 Å². The van der Waals surface area contributed by atoms with E-state index in [1.54, 1.807) is 12.1 Å². The number of benzene rings is 2. The Hall–Kier alpha value is -3.40. The second kappa shape index (κ2) is 9.84. The van der Waals surface area contributed by atoms with Crippen LogP contribution in [-0.4, -0.2) is 41.9 Å². The maximum absolute atomic E-state index is 12.7. The number of nitrogens with one attached hydrogen (secondary N) is 1. The van der Waals surface area contributed by atoms with Gasteiger partial charge in [-0.25, -0.2) is 0 Å². The summed E-state index contributed by atoms with van der Waals surface area (Å²) in [5.74, 6) is 3.33. The molecule has 2 aliphatic heterocycles. The highest BCUT2D eigenvalue weighted by Crippen LogP contribution is 2.36. The predicted molar refractivity (Wildman–Crippen MR) is 124 cm³/mol. The maximum Gasteiger partial charge on any atom is 0.277 e. The third-order valence-corrected chi connectivity index (χ3v) is 6.29. The van der Waals surface area contributed by atoms with Gasteiger partial charge in [0.25, 0.3) is 5.22 Å². The van der Waals surface area contributed by atoms with E-state index in [0.29, 0.717) is 41.6 Å². The fourth-order valence-corrected chi connectivity index (χ4v) is 4.34. The molecule has 3 aromatic rings. The van der Waals surface area contributed by atoms with Gasteiger partial charge in [-0.3, -0.25) is 4.79 Å². The Morgan fingerprint density at radius 2 is 1.71 bits per heavy atom. The molecule has 0 spiro atoms. The topological polar surface area (TPSA) is 105 Å². The minimum atomic E-state index is -0.169. The van der Waals surface area contributed by atoms with E-state index in [1.807, 2.05) is 24.3 Å². The van der Waals surface area contributed by atoms with Crippen LogP contribution in [0.4, 0.5) is 0 Å². The zero-order valence-corrected chi connectivity index (χ0v) is 19.7. The van der Waals surface area contributed by atoms with Gasteiger partial charge >= 0.3 is 0 Å². The largest absolute Gasteiger partial charge is 0.490 e. The molecule has 2 aromatic carbocycles. The lowest BCUT2D eigenvalue weighted by molar-refractivity contribution is -0.119. The summed E-state index contributed by atoms with van der Waals surface area (Å²) in [7, 11) is 0. The Kier molecular flexibility index (Phi) is 6.48. The van der Waals surface area contributed by atoms with Crippen LogP contribution in [0, 0.1) is 5.92 Å². The third-order valence-electron chi connectivity index (χ3n) is 5.47. The molecule has 0 radical (unpaired) electrons. The Morgan fingerprint density at radius 1 is 0.971 bits per heavy atom. The van der Waals surface area contributed by atoms with Gasteiger partial charge in [0, 0.05) is 12.0 Å². The molecule has 10 heteroatoms. The van der Waals surface area contributed by atoms with Crippen LogP contribution in [0.5, 0.6) is 23.0 Å². The van der Waals surface area contributed by atoms with E-state index in [-0.39, 0.29) is 30.4 Å². The predicted octanol–water partition coefficient (Wildman–Crippen LogP) is 4.23. The van der Waals surface area contributed by atoms with Gasteiger partial charge in [0.2, 0.25) is 18.6 Å². The minimum absolute atomic E-state index is 0.126. The molecule has 0 bridgehead atoms. The SMILES string of the molecule is CC(C)[C@H](NC(=O)CSc1nnc(-c2ccc3c(c2)OCO3)o1)c1ccc2c(c1)OCCCO2. The average Bonchev–Trinajstić information content (AvgIpc) is 3.44. The standard InChI is InChI=1S/C24H25N3O6S/c1-14(2)22(15-4-6-17-19(10-15)30-9-3-8-29-17)25-21(28)12-34-24-27-26-23(33-24)16-5-7-18-20(11-16)32-13-31-18/h4-7,10-11,14,22H,3,8-9,12-13H2,1-2H3,(H,25,28)/t22-/m0/s1. The van der Waals surface area contributed by atoms with Crippen molar-refractivity contribution < 1.29 is 28.2 Å². The van der Waals surface area contributed by atoms with E-state index in [9.17, 15) is 4.79 Å². The lowest BCUT2D eigenvalue weighted by atomic mass is 9.95. The number of thioether (sulfide) groups is 1. The van der Waals surface area contributed by atoms with E-state index in [2.05, 4.69) is 29.4 Å². The van der Waals surface area contributed by atoms with Crippen LogP contribution in [0.25, 0.3) is 11.5 Å². The van der Waals surface area contributed by atoms with Crippen molar-refractivity contribution in [1.29, 1.82) is 0 Å². The Balaban J connectivity index is 1.21. The molecule has 34 heavy (non-hydrogen) atoms. The summed E-state index contributed by atoms with van der Waals surface area (Å²) < 4.78 is 28.0. The van der Waals surface area contributed by atoms with Crippen LogP contribution in [0.2, 0.25) is 0 Å². The summed E-state index contributed by atoms with van der Waals surface area (Å²) in [6.45, 7) is 5.58. The lowest BCUT2D eigenvalue weighted by Crippen LogP contribution is -2.33. The van der Waals surface area contributed by atoms with Gasteiger partial charge in [0.15, 0.2) is 23.0 Å². The van der Waals surface area contributed by atoms with Gasteiger partial charge in [-0.15, -0.1) is 10.2 Å². The molecule has 0 saturated heterocycles. The molecule has 1 atom stereocenters. The molecule has 0 fully saturated rings. The van der Waals surface area contributed by atoms with E-state index in [1.165, 1.54) is 11.8 Å². The van der Waals surface area contributed by atoms with Crippen molar-refractivity contribution in [2.24, 2.45) is 5.92 Å². The second-order valence-corrected chi connectivity index (χ2v) is 9.20. The number of ether oxygens (including phenoxy) is 4. The van der Waals surface area contributed by atoms with E-state index >= 15 is 0 Å². The zero-order valence-electron chi connectivity index (χ0n) is 18.9. The van der Waals surface area contributed by atoms with Crippen molar-refractivity contribution in [2.45, 2.75) is 31.5 Å². The Morgan fingerprint density at radius 3 is 2.56 bits per heavy atom. The fourth-order valence-electron chi connectivity index (χ4n) is 3.76. The molecular formula is C24H25N3O6S. The van der Waals surface area contributed by atoms with E-state index in [4.69, 9.17) is 23.4 Å². The van der Waals surface area contributed by atoms with Crippen LogP contribution in [0.3, 0.4) is 0 Å². The van der Waals surface area contributed by atoms with Gasteiger partial charge in [0.1, 0.15) is 0 Å². The normalized spacial score (nSPS) is 15.1. The second-order valence-electron chi connectivity index (χ2n) is 8.28. The number of fused-ring (bicyclic) bond motifs is 2. The summed E-state index contributed by atoms with van der Waals surface area (Å²) in [6.07, 6.45) is 0.845. The first-order chi connectivity index (χ1) is 16.6. The van der Waals surface area contributed by atoms with Gasteiger partial charge in [-0.05, 0) is 41.8 Å². The molecule has 0 saturated carbocycles. The smallest absolute Gasteiger partial charge is 0.277 e. The van der Waals surface area contributed by atoms with Gasteiger partial charge in [0.05, 0.1) is 25.0 Å². The first-order valence-electron chi connectivity index (χ1n) is 11.1. The van der Waals surface area contributed by atoms with Crippen LogP contribution >= 0.6 is 11.8 Å². The zero-order chi connectivity index (χ0) is 23.5. The van der Waals surface area contributed by atoms with Crippen LogP contribution < -0.4 is 24.3 Å². The molecule has 9 nitrogen and oxygen atoms in total. The quantitative estimate of drug-likeness (QED) is 0.494. The highest BCUT2D eigenvalue weighted by atomic mass is 32.2. The van der Waals surface area contributed by atoms with Crippen molar-refractivity contribution >= 4 is 17.7 Å². The summed E-state index contributed by atoms with van der Waals surface area (Å²) in [4.78, 5) is 12.7. The Labute approximate surface area is 201 Å². The van der Waals surface area contributed by atoms with Crippen molar-refractivity contribution in [1.82, 2.24) is 15.5 Å². The molecule has 2 aliphatic rings. The molecular weight excluding hydrogens is 458 g/mol. The molecule has 1 aromatic heterocycles. The van der Waals surface area contributed by atoms with Crippen molar-refractivity contribution in [2.75, 3.05) is 25.8 Å². The fraction of sp³-hybridized carbons (Fsp3) is 0.375. The molecule has 1 amide bonds. The number of carbonyl (C=O) groups is 1. The molecule has 178 valence electrons. The highest BCUT2D eigenvalue weighted by molar-refractivity contribution is 7.99. The molecule has 0 aliphatic carbocycles. The Bertz CT molecular complexity index is 1180. The number of aromatic nitrogens is 2. The number of amides is 1. The third kappa shape index (κ3) is 4.91. The van der Waals surface area contributed by atoms with Crippen molar-refractivity contribution in [3.05, 3.63) is 42.0 Å². The first kappa shape index (κ1) is 22.4. The number of nitrogens with zero attached hydrogens (tertiary/aromatic N) is 2. The highest BCUT2D eigenvalue weighted by Gasteiger charge is 2.22. The van der Waals surface area contributed by atoms with Gasteiger partial charge in [-0.2, -0.15) is 0 Å². The molecule has 0 unspecified atom stereocenters. The monoisotopic (exact) mass is 483 g/mol. The molecule has 3 heterocycles. The maximum atomic E-state index is 12.7.